The predicted octanol–water partition coefficient (Wildman–Crippen LogP) is 6.59. The maximum Gasteiger partial charge on any atom is 0.394 e. The highest BCUT2D eigenvalue weighted by Crippen LogP contribution is 2.50. The van der Waals surface area contributed by atoms with Gasteiger partial charge in [0.05, 0.1) is 12.5 Å². The van der Waals surface area contributed by atoms with Crippen molar-refractivity contribution in [2.45, 2.75) is 70.9 Å². The molecule has 3 rings (SSSR count). The Hall–Kier alpha value is -2.11. The van der Waals surface area contributed by atoms with E-state index in [0.717, 1.165) is 42.5 Å². The van der Waals surface area contributed by atoms with E-state index in [9.17, 15) is 17.6 Å². The van der Waals surface area contributed by atoms with Gasteiger partial charge < -0.3 is 4.74 Å². The quantitative estimate of drug-likeness (QED) is 0.489. The van der Waals surface area contributed by atoms with Crippen LogP contribution in [0.25, 0.3) is 0 Å². The van der Waals surface area contributed by atoms with Crippen LogP contribution in [0.3, 0.4) is 0 Å². The second-order valence-electron chi connectivity index (χ2n) is 9.24. The number of hydrogen-bond acceptors (Lipinski definition) is 2. The van der Waals surface area contributed by atoms with Gasteiger partial charge in [0, 0.05) is 18.0 Å². The van der Waals surface area contributed by atoms with Crippen LogP contribution >= 0.6 is 0 Å². The molecule has 1 unspecified atom stereocenters. The van der Waals surface area contributed by atoms with Crippen molar-refractivity contribution in [3.63, 3.8) is 0 Å². The van der Waals surface area contributed by atoms with Crippen LogP contribution in [-0.2, 0) is 24.7 Å². The Morgan fingerprint density at radius 2 is 1.73 bits per heavy atom. The summed E-state index contributed by atoms with van der Waals surface area (Å²) in [6.45, 7) is 4.81. The SMILES string of the molecule is COc1cc(F)ccc1C(C)(C)CC(C)(Cc1ccnc2c1CCCC2)C(F)(F)F. The third-order valence-electron chi connectivity index (χ3n) is 6.32. The number of pyridine rings is 1. The summed E-state index contributed by atoms with van der Waals surface area (Å²) in [5.41, 5.74) is 0.387. The molecule has 6 heteroatoms. The fraction of sp³-hybridized carbons (Fsp3) is 0.542. The predicted molar refractivity (Wildman–Crippen MR) is 109 cm³/mol. The van der Waals surface area contributed by atoms with E-state index in [1.54, 1.807) is 26.1 Å². The summed E-state index contributed by atoms with van der Waals surface area (Å²) in [7, 11) is 1.40. The van der Waals surface area contributed by atoms with Crippen molar-refractivity contribution in [1.82, 2.24) is 4.98 Å². The first-order valence-electron chi connectivity index (χ1n) is 10.3. The highest BCUT2D eigenvalue weighted by atomic mass is 19.4. The Morgan fingerprint density at radius 1 is 1.03 bits per heavy atom. The normalized spacial score (nSPS) is 16.7. The summed E-state index contributed by atoms with van der Waals surface area (Å²) in [6, 6.07) is 5.75. The first-order valence-corrected chi connectivity index (χ1v) is 10.3. The second-order valence-corrected chi connectivity index (χ2v) is 9.24. The molecule has 1 aromatic carbocycles. The lowest BCUT2D eigenvalue weighted by Gasteiger charge is -2.40. The number of benzene rings is 1. The highest BCUT2D eigenvalue weighted by molar-refractivity contribution is 5.40. The molecule has 0 N–H and O–H groups in total. The van der Waals surface area contributed by atoms with Crippen LogP contribution < -0.4 is 4.74 Å². The molecular formula is C24H29F4NO. The number of hydrogen-bond donors (Lipinski definition) is 0. The number of halogens is 4. The molecule has 30 heavy (non-hydrogen) atoms. The zero-order valence-corrected chi connectivity index (χ0v) is 18.0. The van der Waals surface area contributed by atoms with Crippen LogP contribution in [0.1, 0.15) is 62.4 Å². The first-order chi connectivity index (χ1) is 14.0. The Morgan fingerprint density at radius 3 is 2.40 bits per heavy atom. The fourth-order valence-corrected chi connectivity index (χ4v) is 4.84. The van der Waals surface area contributed by atoms with Gasteiger partial charge in [-0.05, 0) is 72.8 Å². The molecule has 164 valence electrons. The largest absolute Gasteiger partial charge is 0.496 e. The lowest BCUT2D eigenvalue weighted by Crippen LogP contribution is -2.42. The first kappa shape index (κ1) is 22.6. The number of alkyl halides is 3. The van der Waals surface area contributed by atoms with Gasteiger partial charge in [-0.2, -0.15) is 13.2 Å². The van der Waals surface area contributed by atoms with Crippen LogP contribution in [0.15, 0.2) is 30.5 Å². The van der Waals surface area contributed by atoms with Gasteiger partial charge in [-0.25, -0.2) is 4.39 Å². The van der Waals surface area contributed by atoms with Gasteiger partial charge in [0.25, 0.3) is 0 Å². The molecule has 0 fully saturated rings. The third-order valence-corrected chi connectivity index (χ3v) is 6.32. The van der Waals surface area contributed by atoms with Gasteiger partial charge in [0.2, 0.25) is 0 Å². The molecule has 0 saturated carbocycles. The maximum atomic E-state index is 14.4. The minimum Gasteiger partial charge on any atom is -0.496 e. The highest BCUT2D eigenvalue weighted by Gasteiger charge is 2.53. The molecule has 0 aliphatic heterocycles. The summed E-state index contributed by atoms with van der Waals surface area (Å²) >= 11 is 0. The molecule has 0 saturated heterocycles. The number of aromatic nitrogens is 1. The van der Waals surface area contributed by atoms with E-state index >= 15 is 0 Å². The Bertz CT molecular complexity index is 907. The van der Waals surface area contributed by atoms with Gasteiger partial charge in [-0.1, -0.05) is 26.8 Å². The Labute approximate surface area is 175 Å². The molecule has 1 heterocycles. The molecule has 2 aromatic rings. The minimum atomic E-state index is -4.40. The summed E-state index contributed by atoms with van der Waals surface area (Å²) in [6.07, 6.45) is 0.583. The number of aryl methyl sites for hydroxylation is 1. The molecule has 0 amide bonds. The van der Waals surface area contributed by atoms with Crippen molar-refractivity contribution in [2.75, 3.05) is 7.11 Å². The van der Waals surface area contributed by atoms with Crippen molar-refractivity contribution in [3.05, 3.63) is 58.7 Å². The van der Waals surface area contributed by atoms with Gasteiger partial charge >= 0.3 is 6.18 Å². The molecular weight excluding hydrogens is 394 g/mol. The maximum absolute atomic E-state index is 14.4. The Balaban J connectivity index is 1.99. The fourth-order valence-electron chi connectivity index (χ4n) is 4.84. The third kappa shape index (κ3) is 4.47. The average molecular weight is 423 g/mol. The van der Waals surface area contributed by atoms with Gasteiger partial charge in [0.15, 0.2) is 0 Å². The van der Waals surface area contributed by atoms with Gasteiger partial charge in [0.1, 0.15) is 11.6 Å². The van der Waals surface area contributed by atoms with E-state index in [4.69, 9.17) is 4.74 Å². The number of rotatable bonds is 6. The molecule has 0 bridgehead atoms. The molecule has 1 aliphatic rings. The van der Waals surface area contributed by atoms with E-state index in [2.05, 4.69) is 4.98 Å². The zero-order valence-electron chi connectivity index (χ0n) is 18.0. The standard InChI is InChI=1S/C24H29F4NO/c1-22(2,19-10-9-17(25)13-21(19)30-4)15-23(3,24(26,27)28)14-16-11-12-29-20-8-6-5-7-18(16)20/h9-13H,5-8,14-15H2,1-4H3. The molecule has 0 spiro atoms. The topological polar surface area (TPSA) is 22.1 Å². The van der Waals surface area contributed by atoms with Crippen LogP contribution in [0.4, 0.5) is 17.6 Å². The van der Waals surface area contributed by atoms with E-state index in [-0.39, 0.29) is 18.6 Å². The number of fused-ring (bicyclic) bond motifs is 1. The van der Waals surface area contributed by atoms with Crippen LogP contribution in [0.2, 0.25) is 0 Å². The number of nitrogens with zero attached hydrogens (tertiary/aromatic N) is 1. The number of methoxy groups -OCH3 is 1. The van der Waals surface area contributed by atoms with Crippen molar-refractivity contribution in [2.24, 2.45) is 5.41 Å². The van der Waals surface area contributed by atoms with Crippen molar-refractivity contribution >= 4 is 0 Å². The number of ether oxygens (including phenoxy) is 1. The smallest absolute Gasteiger partial charge is 0.394 e. The lowest BCUT2D eigenvalue weighted by atomic mass is 9.67. The van der Waals surface area contributed by atoms with E-state index < -0.39 is 22.8 Å². The van der Waals surface area contributed by atoms with Gasteiger partial charge in [-0.15, -0.1) is 0 Å². The van der Waals surface area contributed by atoms with E-state index in [0.29, 0.717) is 5.56 Å². The Kier molecular flexibility index (Phi) is 6.17. The molecule has 2 nitrogen and oxygen atoms in total. The summed E-state index contributed by atoms with van der Waals surface area (Å²) in [4.78, 5) is 4.39. The zero-order chi connectivity index (χ0) is 22.2. The van der Waals surface area contributed by atoms with E-state index in [1.165, 1.54) is 32.2 Å². The second kappa shape index (κ2) is 8.20. The van der Waals surface area contributed by atoms with Crippen molar-refractivity contribution in [1.29, 1.82) is 0 Å². The van der Waals surface area contributed by atoms with Crippen molar-refractivity contribution in [3.8, 4) is 5.75 Å². The van der Waals surface area contributed by atoms with Gasteiger partial charge in [-0.3, -0.25) is 4.98 Å². The van der Waals surface area contributed by atoms with Crippen LogP contribution in [-0.4, -0.2) is 18.3 Å². The average Bonchev–Trinajstić information content (AvgIpc) is 2.66. The lowest BCUT2D eigenvalue weighted by molar-refractivity contribution is -0.224. The molecule has 0 radical (unpaired) electrons. The summed E-state index contributed by atoms with van der Waals surface area (Å²) in [5.74, 6) is -0.209. The summed E-state index contributed by atoms with van der Waals surface area (Å²) in [5, 5.41) is 0. The van der Waals surface area contributed by atoms with Crippen molar-refractivity contribution < 1.29 is 22.3 Å². The van der Waals surface area contributed by atoms with Crippen LogP contribution in [0.5, 0.6) is 5.75 Å². The summed E-state index contributed by atoms with van der Waals surface area (Å²) < 4.78 is 62.1. The molecule has 1 aliphatic carbocycles. The van der Waals surface area contributed by atoms with Crippen LogP contribution in [0, 0.1) is 11.2 Å². The monoisotopic (exact) mass is 423 g/mol. The van der Waals surface area contributed by atoms with E-state index in [1.807, 2.05) is 0 Å². The molecule has 1 atom stereocenters. The molecule has 1 aromatic heterocycles. The minimum absolute atomic E-state index is 0.103.